The van der Waals surface area contributed by atoms with Gasteiger partial charge >= 0.3 is 39.5 Å². The number of carbonyl (C=O) groups is 4. The lowest BCUT2D eigenvalue weighted by molar-refractivity contribution is -0.161. The first-order chi connectivity index (χ1) is 48.7. The summed E-state index contributed by atoms with van der Waals surface area (Å²) in [5, 5.41) is 10.6. The van der Waals surface area contributed by atoms with Crippen LogP contribution < -0.4 is 0 Å². The minimum absolute atomic E-state index is 0.0173. The number of allylic oxidation sites excluding steroid dienone is 14. The quantitative estimate of drug-likeness (QED) is 0.0169. The van der Waals surface area contributed by atoms with Crippen LogP contribution in [0.2, 0.25) is 0 Å². The van der Waals surface area contributed by atoms with Crippen molar-refractivity contribution in [2.75, 3.05) is 39.6 Å². The van der Waals surface area contributed by atoms with Crippen molar-refractivity contribution in [3.8, 4) is 0 Å². The minimum Gasteiger partial charge on any atom is -0.462 e. The number of phosphoric ester groups is 2. The highest BCUT2D eigenvalue weighted by molar-refractivity contribution is 7.47. The molecule has 0 saturated heterocycles. The standard InChI is InChI=1S/C81H144O17P2/c1-5-9-13-17-21-25-29-33-36-37-40-44-48-52-56-60-64-68-81(86)98-77(72-92-79(84)66-62-58-54-50-46-43-39-35-31-27-23-19-15-11-7-3)74-96-100(89,90)94-70-75(82)69-93-99(87,88)95-73-76(97-80(85)67-63-59-55-51-47-41-32-28-24-20-16-12-8-4)71-91-78(83)65-61-57-53-49-45-42-38-34-30-26-22-18-14-10-6-2/h21,23,25,27,33-36,38-40,44,52,56,75-77,82H,5-20,22,24,26,28-32,37,41-43,45-51,53-55,57-74H2,1-4H3,(H,87,88)(H,89,90)/b25-21-,27-23-,36-33-,38-34-,39-35-,44-40-,56-52-/t75-,76-,77-/m1/s1. The fraction of sp³-hybridized carbons (Fsp3) is 0.778. The Bertz CT molecular complexity index is 2230. The first-order valence-electron chi connectivity index (χ1n) is 39.8. The van der Waals surface area contributed by atoms with Crippen LogP contribution in [0, 0.1) is 0 Å². The zero-order valence-corrected chi connectivity index (χ0v) is 65.2. The number of unbranched alkanes of at least 4 members (excludes halogenated alkanes) is 35. The second-order valence-corrected chi connectivity index (χ2v) is 29.6. The molecular formula is C81H144O17P2. The summed E-state index contributed by atoms with van der Waals surface area (Å²) in [7, 11) is -9.97. The van der Waals surface area contributed by atoms with Crippen LogP contribution in [0.3, 0.4) is 0 Å². The van der Waals surface area contributed by atoms with Gasteiger partial charge in [0.05, 0.1) is 26.4 Å². The van der Waals surface area contributed by atoms with Crippen molar-refractivity contribution in [1.82, 2.24) is 0 Å². The number of carbonyl (C=O) groups excluding carboxylic acids is 4. The third kappa shape index (κ3) is 72.6. The summed E-state index contributed by atoms with van der Waals surface area (Å²) in [5.41, 5.74) is 0. The maximum absolute atomic E-state index is 13.1. The largest absolute Gasteiger partial charge is 0.472 e. The summed E-state index contributed by atoms with van der Waals surface area (Å²) in [6, 6.07) is 0. The molecule has 0 aromatic heterocycles. The maximum Gasteiger partial charge on any atom is 0.472 e. The van der Waals surface area contributed by atoms with Gasteiger partial charge in [0.2, 0.25) is 0 Å². The molecule has 19 heteroatoms. The van der Waals surface area contributed by atoms with E-state index in [0.717, 1.165) is 135 Å². The predicted molar refractivity (Wildman–Crippen MR) is 409 cm³/mol. The van der Waals surface area contributed by atoms with Crippen LogP contribution in [0.1, 0.15) is 349 Å². The Morgan fingerprint density at radius 2 is 0.500 bits per heavy atom. The van der Waals surface area contributed by atoms with E-state index in [1.165, 1.54) is 128 Å². The molecule has 0 heterocycles. The van der Waals surface area contributed by atoms with Crippen molar-refractivity contribution < 1.29 is 80.2 Å². The van der Waals surface area contributed by atoms with E-state index >= 15 is 0 Å². The average molecular weight is 1450 g/mol. The number of aliphatic hydroxyl groups excluding tert-OH is 1. The first kappa shape index (κ1) is 96.2. The molecular weight excluding hydrogens is 1310 g/mol. The van der Waals surface area contributed by atoms with E-state index < -0.39 is 97.5 Å². The Morgan fingerprint density at radius 3 is 0.820 bits per heavy atom. The van der Waals surface area contributed by atoms with Gasteiger partial charge in [-0.25, -0.2) is 9.13 Å². The van der Waals surface area contributed by atoms with Gasteiger partial charge in [0, 0.05) is 25.7 Å². The van der Waals surface area contributed by atoms with Gasteiger partial charge in [0.15, 0.2) is 12.2 Å². The van der Waals surface area contributed by atoms with Crippen LogP contribution in [0.15, 0.2) is 85.1 Å². The number of esters is 4. The Hall–Kier alpha value is -3.76. The highest BCUT2D eigenvalue weighted by Crippen LogP contribution is 2.45. The molecule has 0 aliphatic heterocycles. The molecule has 0 spiro atoms. The minimum atomic E-state index is -4.99. The molecule has 0 bridgehead atoms. The lowest BCUT2D eigenvalue weighted by atomic mass is 10.0. The summed E-state index contributed by atoms with van der Waals surface area (Å²) >= 11 is 0. The highest BCUT2D eigenvalue weighted by Gasteiger charge is 2.30. The van der Waals surface area contributed by atoms with Crippen molar-refractivity contribution in [2.45, 2.75) is 367 Å². The third-order valence-corrected chi connectivity index (χ3v) is 18.7. The molecule has 0 saturated carbocycles. The molecule has 5 atom stereocenters. The van der Waals surface area contributed by atoms with Crippen molar-refractivity contribution in [3.63, 3.8) is 0 Å². The molecule has 0 rings (SSSR count). The summed E-state index contributed by atoms with van der Waals surface area (Å²) < 4.78 is 68.5. The lowest BCUT2D eigenvalue weighted by Gasteiger charge is -2.21. The predicted octanol–water partition coefficient (Wildman–Crippen LogP) is 23.0. The molecule has 0 radical (unpaired) electrons. The zero-order valence-electron chi connectivity index (χ0n) is 63.4. The van der Waals surface area contributed by atoms with E-state index in [-0.39, 0.29) is 25.7 Å². The van der Waals surface area contributed by atoms with Gasteiger partial charge < -0.3 is 33.8 Å². The van der Waals surface area contributed by atoms with Gasteiger partial charge in [0.25, 0.3) is 0 Å². The van der Waals surface area contributed by atoms with E-state index in [4.69, 9.17) is 37.0 Å². The number of ether oxygens (including phenoxy) is 4. The van der Waals surface area contributed by atoms with Crippen molar-refractivity contribution in [1.29, 1.82) is 0 Å². The van der Waals surface area contributed by atoms with E-state index in [2.05, 4.69) is 101 Å². The highest BCUT2D eigenvalue weighted by atomic mass is 31.2. The van der Waals surface area contributed by atoms with Gasteiger partial charge in [-0.3, -0.25) is 37.3 Å². The zero-order chi connectivity index (χ0) is 73.2. The maximum atomic E-state index is 13.1. The lowest BCUT2D eigenvalue weighted by Crippen LogP contribution is -2.30. The number of phosphoric acid groups is 2. The van der Waals surface area contributed by atoms with Crippen LogP contribution in [0.4, 0.5) is 0 Å². The third-order valence-electron chi connectivity index (χ3n) is 16.8. The van der Waals surface area contributed by atoms with Crippen LogP contribution in [-0.2, 0) is 65.4 Å². The number of aliphatic hydroxyl groups is 1. The fourth-order valence-electron chi connectivity index (χ4n) is 10.7. The summed E-state index contributed by atoms with van der Waals surface area (Å²) in [4.78, 5) is 72.9. The van der Waals surface area contributed by atoms with Crippen LogP contribution >= 0.6 is 15.6 Å². The van der Waals surface area contributed by atoms with Gasteiger partial charge in [-0.1, -0.05) is 286 Å². The molecule has 0 fully saturated rings. The van der Waals surface area contributed by atoms with Crippen LogP contribution in [-0.4, -0.2) is 96.7 Å². The number of rotatable bonds is 75. The van der Waals surface area contributed by atoms with Gasteiger partial charge in [0.1, 0.15) is 19.3 Å². The van der Waals surface area contributed by atoms with E-state index in [1.807, 2.05) is 12.2 Å². The monoisotopic (exact) mass is 1450 g/mol. The summed E-state index contributed by atoms with van der Waals surface area (Å²) in [5.74, 6) is -2.24. The normalized spacial score (nSPS) is 14.3. The Morgan fingerprint density at radius 1 is 0.280 bits per heavy atom. The molecule has 580 valence electrons. The molecule has 17 nitrogen and oxygen atoms in total. The molecule has 100 heavy (non-hydrogen) atoms. The van der Waals surface area contributed by atoms with E-state index in [1.54, 1.807) is 0 Å². The van der Waals surface area contributed by atoms with E-state index in [0.29, 0.717) is 32.1 Å². The molecule has 0 aliphatic rings. The SMILES string of the molecule is CCCCC/C=C\C/C=C\C/C=C\C/C=C\CCCC(=O)O[C@H](COC(=O)CCCCCCC/C=C\C/C=C\CCCCC)COP(=O)(O)OC[C@H](O)COP(=O)(O)OC[C@@H](COC(=O)CCCCCCC/C=C\CCCCCCCC)OC(=O)CCCCCCCCCCCCCCC. The number of hydrogen-bond acceptors (Lipinski definition) is 15. The topological polar surface area (TPSA) is 237 Å². The second-order valence-electron chi connectivity index (χ2n) is 26.7. The number of hydrogen-bond donors (Lipinski definition) is 3. The summed E-state index contributed by atoms with van der Waals surface area (Å²) in [6.07, 6.45) is 75.7. The molecule has 3 N–H and O–H groups in total. The molecule has 0 amide bonds. The molecule has 2 unspecified atom stereocenters. The Labute approximate surface area is 608 Å². The van der Waals surface area contributed by atoms with Gasteiger partial charge in [-0.2, -0.15) is 0 Å². The molecule has 0 aromatic rings. The first-order valence-corrected chi connectivity index (χ1v) is 42.8. The average Bonchev–Trinajstić information content (AvgIpc) is 0.962. The molecule has 0 aromatic carbocycles. The Balaban J connectivity index is 5.40. The smallest absolute Gasteiger partial charge is 0.462 e. The van der Waals surface area contributed by atoms with Crippen LogP contribution in [0.5, 0.6) is 0 Å². The fourth-order valence-corrected chi connectivity index (χ4v) is 12.3. The van der Waals surface area contributed by atoms with Gasteiger partial charge in [-0.15, -0.1) is 0 Å². The second kappa shape index (κ2) is 73.5. The van der Waals surface area contributed by atoms with E-state index in [9.17, 15) is 43.2 Å². The Kier molecular flexibility index (Phi) is 70.8. The van der Waals surface area contributed by atoms with Crippen LogP contribution in [0.25, 0.3) is 0 Å². The molecule has 0 aliphatic carbocycles. The van der Waals surface area contributed by atoms with Gasteiger partial charge in [-0.05, 0) is 122 Å². The van der Waals surface area contributed by atoms with Crippen molar-refractivity contribution in [2.24, 2.45) is 0 Å². The summed E-state index contributed by atoms with van der Waals surface area (Å²) in [6.45, 7) is 4.77. The van der Waals surface area contributed by atoms with Crippen molar-refractivity contribution in [3.05, 3.63) is 85.1 Å². The van der Waals surface area contributed by atoms with Crippen molar-refractivity contribution >= 4 is 39.5 Å².